The van der Waals surface area contributed by atoms with Crippen molar-refractivity contribution in [1.29, 1.82) is 0 Å². The van der Waals surface area contributed by atoms with Gasteiger partial charge in [-0.15, -0.1) is 0 Å². The molecule has 0 saturated carbocycles. The van der Waals surface area contributed by atoms with E-state index in [1.165, 1.54) is 18.2 Å². The third-order valence-electron chi connectivity index (χ3n) is 2.49. The summed E-state index contributed by atoms with van der Waals surface area (Å²) in [5.74, 6) is -1.71. The van der Waals surface area contributed by atoms with E-state index in [2.05, 4.69) is 5.32 Å². The number of hydrogen-bond acceptors (Lipinski definition) is 4. The molecule has 0 fully saturated rings. The minimum atomic E-state index is -0.700. The van der Waals surface area contributed by atoms with Crippen LogP contribution in [-0.4, -0.2) is 16.1 Å². The number of phenolic OH excluding ortho intramolecular Hbond substituents is 2. The second-order valence-electron chi connectivity index (χ2n) is 3.89. The third-order valence-corrected chi connectivity index (χ3v) is 2.49. The molecule has 2 rings (SSSR count). The van der Waals surface area contributed by atoms with Crippen molar-refractivity contribution in [3.63, 3.8) is 0 Å². The number of aromatic hydroxyl groups is 2. The Hall–Kier alpha value is -2.76. The van der Waals surface area contributed by atoms with Crippen LogP contribution in [0.1, 0.15) is 10.4 Å². The first-order valence-corrected chi connectivity index (χ1v) is 5.36. The lowest BCUT2D eigenvalue weighted by Crippen LogP contribution is -2.13. The first-order chi connectivity index (χ1) is 8.97. The molecule has 0 aliphatic heterocycles. The SMILES string of the molecule is Nc1cc(O)ccc1NC(=O)c1cc(F)ccc1O. The Morgan fingerprint density at radius 2 is 1.89 bits per heavy atom. The Morgan fingerprint density at radius 1 is 1.16 bits per heavy atom. The highest BCUT2D eigenvalue weighted by Gasteiger charge is 2.13. The lowest BCUT2D eigenvalue weighted by Gasteiger charge is -2.09. The number of hydrogen-bond donors (Lipinski definition) is 4. The number of carbonyl (C=O) groups excluding carboxylic acids is 1. The number of nitrogen functional groups attached to an aromatic ring is 1. The zero-order valence-electron chi connectivity index (χ0n) is 9.72. The molecule has 0 saturated heterocycles. The summed E-state index contributed by atoms with van der Waals surface area (Å²) in [6, 6.07) is 7.06. The summed E-state index contributed by atoms with van der Waals surface area (Å²) < 4.78 is 13.0. The van der Waals surface area contributed by atoms with Crippen LogP contribution in [0.5, 0.6) is 11.5 Å². The van der Waals surface area contributed by atoms with Gasteiger partial charge < -0.3 is 21.3 Å². The van der Waals surface area contributed by atoms with E-state index in [0.717, 1.165) is 18.2 Å². The van der Waals surface area contributed by atoms with Crippen molar-refractivity contribution in [3.8, 4) is 11.5 Å². The lowest BCUT2D eigenvalue weighted by molar-refractivity contribution is 0.102. The highest BCUT2D eigenvalue weighted by molar-refractivity contribution is 6.07. The van der Waals surface area contributed by atoms with Crippen LogP contribution in [0.3, 0.4) is 0 Å². The summed E-state index contributed by atoms with van der Waals surface area (Å²) in [5.41, 5.74) is 5.82. The molecule has 6 heteroatoms. The van der Waals surface area contributed by atoms with Gasteiger partial charge >= 0.3 is 0 Å². The first-order valence-electron chi connectivity index (χ1n) is 5.36. The fourth-order valence-electron chi connectivity index (χ4n) is 1.54. The van der Waals surface area contributed by atoms with Crippen LogP contribution in [0, 0.1) is 5.82 Å². The van der Waals surface area contributed by atoms with Crippen LogP contribution in [0.15, 0.2) is 36.4 Å². The van der Waals surface area contributed by atoms with Crippen molar-refractivity contribution in [3.05, 3.63) is 47.8 Å². The molecule has 19 heavy (non-hydrogen) atoms. The zero-order valence-corrected chi connectivity index (χ0v) is 9.72. The summed E-state index contributed by atoms with van der Waals surface area (Å²) in [5, 5.41) is 21.1. The highest BCUT2D eigenvalue weighted by Crippen LogP contribution is 2.25. The van der Waals surface area contributed by atoms with Gasteiger partial charge in [-0.05, 0) is 30.3 Å². The fourth-order valence-corrected chi connectivity index (χ4v) is 1.54. The van der Waals surface area contributed by atoms with Gasteiger partial charge in [0.05, 0.1) is 16.9 Å². The average molecular weight is 262 g/mol. The molecular formula is C13H11FN2O3. The Kier molecular flexibility index (Phi) is 3.24. The van der Waals surface area contributed by atoms with Crippen molar-refractivity contribution < 1.29 is 19.4 Å². The van der Waals surface area contributed by atoms with E-state index >= 15 is 0 Å². The number of carbonyl (C=O) groups is 1. The van der Waals surface area contributed by atoms with Gasteiger partial charge in [0, 0.05) is 6.07 Å². The third kappa shape index (κ3) is 2.74. The molecule has 0 heterocycles. The molecule has 0 radical (unpaired) electrons. The molecule has 0 aliphatic rings. The highest BCUT2D eigenvalue weighted by atomic mass is 19.1. The van der Waals surface area contributed by atoms with Crippen molar-refractivity contribution >= 4 is 17.3 Å². The van der Waals surface area contributed by atoms with E-state index in [4.69, 9.17) is 5.73 Å². The maximum absolute atomic E-state index is 13.0. The molecule has 2 aromatic rings. The minimum absolute atomic E-state index is 0.0379. The summed E-state index contributed by atoms with van der Waals surface area (Å²) in [6.45, 7) is 0. The number of amides is 1. The topological polar surface area (TPSA) is 95.6 Å². The number of rotatable bonds is 2. The van der Waals surface area contributed by atoms with Crippen LogP contribution in [0.25, 0.3) is 0 Å². The van der Waals surface area contributed by atoms with Crippen LogP contribution in [-0.2, 0) is 0 Å². The summed E-state index contributed by atoms with van der Waals surface area (Å²) in [7, 11) is 0. The number of benzene rings is 2. The van der Waals surface area contributed by atoms with Crippen molar-refractivity contribution in [2.45, 2.75) is 0 Å². The Labute approximate surface area is 108 Å². The van der Waals surface area contributed by atoms with E-state index in [-0.39, 0.29) is 28.4 Å². The van der Waals surface area contributed by atoms with E-state index in [0.29, 0.717) is 0 Å². The second-order valence-corrected chi connectivity index (χ2v) is 3.89. The zero-order chi connectivity index (χ0) is 14.0. The van der Waals surface area contributed by atoms with E-state index in [9.17, 15) is 19.4 Å². The van der Waals surface area contributed by atoms with Gasteiger partial charge in [-0.2, -0.15) is 0 Å². The maximum atomic E-state index is 13.0. The number of phenols is 2. The minimum Gasteiger partial charge on any atom is -0.508 e. The standard InChI is InChI=1S/C13H11FN2O3/c14-7-1-4-12(18)9(5-7)13(19)16-11-3-2-8(17)6-10(11)15/h1-6,17-18H,15H2,(H,16,19). The van der Waals surface area contributed by atoms with Crippen molar-refractivity contribution in [1.82, 2.24) is 0 Å². The predicted octanol–water partition coefficient (Wildman–Crippen LogP) is 2.07. The molecule has 5 nitrogen and oxygen atoms in total. The molecule has 2 aromatic carbocycles. The molecule has 0 bridgehead atoms. The normalized spacial score (nSPS) is 10.2. The van der Waals surface area contributed by atoms with E-state index < -0.39 is 11.7 Å². The van der Waals surface area contributed by atoms with Gasteiger partial charge in [0.1, 0.15) is 17.3 Å². The van der Waals surface area contributed by atoms with Crippen molar-refractivity contribution in [2.24, 2.45) is 0 Å². The first kappa shape index (κ1) is 12.7. The monoisotopic (exact) mass is 262 g/mol. The smallest absolute Gasteiger partial charge is 0.259 e. The summed E-state index contributed by atoms with van der Waals surface area (Å²) in [4.78, 5) is 11.9. The molecule has 98 valence electrons. The molecule has 0 atom stereocenters. The van der Waals surface area contributed by atoms with Gasteiger partial charge in [0.2, 0.25) is 0 Å². The summed E-state index contributed by atoms with van der Waals surface area (Å²) in [6.07, 6.45) is 0. The van der Waals surface area contributed by atoms with Gasteiger partial charge in [0.25, 0.3) is 5.91 Å². The van der Waals surface area contributed by atoms with Gasteiger partial charge in [0.15, 0.2) is 0 Å². The van der Waals surface area contributed by atoms with Gasteiger partial charge in [-0.1, -0.05) is 0 Å². The number of halogens is 1. The Balaban J connectivity index is 2.28. The van der Waals surface area contributed by atoms with Gasteiger partial charge in [-0.25, -0.2) is 4.39 Å². The molecular weight excluding hydrogens is 251 g/mol. The maximum Gasteiger partial charge on any atom is 0.259 e. The number of nitrogens with one attached hydrogen (secondary N) is 1. The van der Waals surface area contributed by atoms with Crippen LogP contribution in [0.4, 0.5) is 15.8 Å². The lowest BCUT2D eigenvalue weighted by atomic mass is 10.1. The quantitative estimate of drug-likeness (QED) is 0.492. The largest absolute Gasteiger partial charge is 0.508 e. The predicted molar refractivity (Wildman–Crippen MR) is 68.5 cm³/mol. The average Bonchev–Trinajstić information content (AvgIpc) is 2.35. The number of nitrogens with two attached hydrogens (primary N) is 1. The second kappa shape index (κ2) is 4.85. The summed E-state index contributed by atoms with van der Waals surface area (Å²) >= 11 is 0. The fraction of sp³-hybridized carbons (Fsp3) is 0. The Bertz CT molecular complexity index is 644. The number of anilines is 2. The van der Waals surface area contributed by atoms with Crippen LogP contribution < -0.4 is 11.1 Å². The molecule has 0 aromatic heterocycles. The van der Waals surface area contributed by atoms with E-state index in [1.807, 2.05) is 0 Å². The molecule has 5 N–H and O–H groups in total. The molecule has 0 aliphatic carbocycles. The Morgan fingerprint density at radius 3 is 2.58 bits per heavy atom. The van der Waals surface area contributed by atoms with Crippen molar-refractivity contribution in [2.75, 3.05) is 11.1 Å². The van der Waals surface area contributed by atoms with Crippen LogP contribution >= 0.6 is 0 Å². The van der Waals surface area contributed by atoms with E-state index in [1.54, 1.807) is 0 Å². The molecule has 1 amide bonds. The van der Waals surface area contributed by atoms with Gasteiger partial charge in [-0.3, -0.25) is 4.79 Å². The van der Waals surface area contributed by atoms with Crippen LogP contribution in [0.2, 0.25) is 0 Å². The molecule has 0 unspecified atom stereocenters. The molecule has 0 spiro atoms.